The van der Waals surface area contributed by atoms with Crippen molar-refractivity contribution in [3.63, 3.8) is 0 Å². The fourth-order valence-corrected chi connectivity index (χ4v) is 2.58. The van der Waals surface area contributed by atoms with Gasteiger partial charge in [0.2, 0.25) is 0 Å². The largest absolute Gasteiger partial charge is 0.481 e. The molecule has 0 aliphatic heterocycles. The molecule has 0 saturated heterocycles. The third-order valence-electron chi connectivity index (χ3n) is 2.68. The van der Waals surface area contributed by atoms with Crippen LogP contribution in [0, 0.1) is 0 Å². The van der Waals surface area contributed by atoms with Gasteiger partial charge in [-0.1, -0.05) is 11.8 Å². The molecule has 7 heteroatoms. The molecule has 0 radical (unpaired) electrons. The van der Waals surface area contributed by atoms with Crippen LogP contribution < -0.4 is 5.56 Å². The zero-order chi connectivity index (χ0) is 14.5. The van der Waals surface area contributed by atoms with Crippen LogP contribution in [0.3, 0.4) is 0 Å². The number of aliphatic carboxylic acids is 1. The van der Waals surface area contributed by atoms with Crippen LogP contribution in [0.1, 0.15) is 18.7 Å². The molecule has 1 atom stereocenters. The number of thioether (sulfide) groups is 1. The Morgan fingerprint density at radius 3 is 3.00 bits per heavy atom. The van der Waals surface area contributed by atoms with E-state index >= 15 is 0 Å². The van der Waals surface area contributed by atoms with Gasteiger partial charge >= 0.3 is 5.97 Å². The van der Waals surface area contributed by atoms with E-state index in [1.54, 1.807) is 17.0 Å². The fraction of sp³-hybridized carbons (Fsp3) is 0.308. The average Bonchev–Trinajstić information content (AvgIpc) is 2.89. The number of hydrogen-bond acceptors (Lipinski definition) is 5. The summed E-state index contributed by atoms with van der Waals surface area (Å²) in [6.07, 6.45) is 3.87. The smallest absolute Gasteiger partial charge is 0.313 e. The summed E-state index contributed by atoms with van der Waals surface area (Å²) < 4.78 is 7.08. The van der Waals surface area contributed by atoms with Crippen molar-refractivity contribution < 1.29 is 14.3 Å². The van der Waals surface area contributed by atoms with Gasteiger partial charge in [-0.3, -0.25) is 9.59 Å². The Morgan fingerprint density at radius 2 is 2.35 bits per heavy atom. The molecule has 2 aromatic rings. The molecule has 2 aromatic heterocycles. The van der Waals surface area contributed by atoms with Gasteiger partial charge in [-0.15, -0.1) is 0 Å². The number of aromatic nitrogens is 2. The third kappa shape index (κ3) is 3.74. The lowest BCUT2D eigenvalue weighted by Crippen LogP contribution is -2.18. The minimum Gasteiger partial charge on any atom is -0.481 e. The highest BCUT2D eigenvalue weighted by molar-refractivity contribution is 7.99. The van der Waals surface area contributed by atoms with E-state index in [4.69, 9.17) is 9.52 Å². The lowest BCUT2D eigenvalue weighted by Gasteiger charge is -2.17. The van der Waals surface area contributed by atoms with Crippen molar-refractivity contribution in [3.05, 3.63) is 46.8 Å². The molecular weight excluding hydrogens is 280 g/mol. The number of rotatable bonds is 6. The van der Waals surface area contributed by atoms with E-state index in [1.807, 2.05) is 19.1 Å². The first-order valence-corrected chi connectivity index (χ1v) is 7.01. The Kier molecular flexibility index (Phi) is 4.62. The highest BCUT2D eigenvalue weighted by Crippen LogP contribution is 2.21. The van der Waals surface area contributed by atoms with Crippen molar-refractivity contribution in [2.24, 2.45) is 0 Å². The van der Waals surface area contributed by atoms with Gasteiger partial charge in [0.15, 0.2) is 5.16 Å². The Hall–Kier alpha value is -2.02. The van der Waals surface area contributed by atoms with Gasteiger partial charge in [-0.05, 0) is 19.1 Å². The number of carboxylic acids is 1. The Balaban J connectivity index is 2.20. The van der Waals surface area contributed by atoms with E-state index in [1.165, 1.54) is 6.07 Å². The molecule has 2 rings (SSSR count). The predicted octanol–water partition coefficient (Wildman–Crippen LogP) is 1.82. The first kappa shape index (κ1) is 14.4. The standard InChI is InChI=1S/C13H14N2O4S/c1-9(7-10-3-2-6-19-10)15-5-4-11(16)14-13(15)20-8-12(17)18/h2-6,9H,7-8H2,1H3,(H,17,18). The molecule has 0 saturated carbocycles. The lowest BCUT2D eigenvalue weighted by molar-refractivity contribution is -0.133. The quantitative estimate of drug-likeness (QED) is 0.646. The summed E-state index contributed by atoms with van der Waals surface area (Å²) in [5.41, 5.74) is -0.376. The zero-order valence-corrected chi connectivity index (χ0v) is 11.7. The van der Waals surface area contributed by atoms with E-state index in [2.05, 4.69) is 4.98 Å². The molecule has 0 bridgehead atoms. The van der Waals surface area contributed by atoms with E-state index < -0.39 is 5.97 Å². The molecule has 20 heavy (non-hydrogen) atoms. The molecule has 2 heterocycles. The summed E-state index contributed by atoms with van der Waals surface area (Å²) in [7, 11) is 0. The van der Waals surface area contributed by atoms with E-state index in [0.717, 1.165) is 17.5 Å². The summed E-state index contributed by atoms with van der Waals surface area (Å²) in [5.74, 6) is -0.257. The second-order valence-corrected chi connectivity index (χ2v) is 5.21. The molecule has 1 unspecified atom stereocenters. The number of hydrogen-bond donors (Lipinski definition) is 1. The Morgan fingerprint density at radius 1 is 1.55 bits per heavy atom. The monoisotopic (exact) mass is 294 g/mol. The zero-order valence-electron chi connectivity index (χ0n) is 10.9. The van der Waals surface area contributed by atoms with Crippen molar-refractivity contribution in [1.29, 1.82) is 0 Å². The average molecular weight is 294 g/mol. The van der Waals surface area contributed by atoms with Crippen LogP contribution in [-0.2, 0) is 11.2 Å². The topological polar surface area (TPSA) is 85.3 Å². The first-order valence-electron chi connectivity index (χ1n) is 6.02. The van der Waals surface area contributed by atoms with Crippen LogP contribution >= 0.6 is 11.8 Å². The summed E-state index contributed by atoms with van der Waals surface area (Å²) >= 11 is 1.03. The van der Waals surface area contributed by atoms with Gasteiger partial charge in [0.05, 0.1) is 12.0 Å². The summed E-state index contributed by atoms with van der Waals surface area (Å²) in [5, 5.41) is 9.13. The van der Waals surface area contributed by atoms with Gasteiger partial charge in [0.25, 0.3) is 5.56 Å². The van der Waals surface area contributed by atoms with Crippen LogP contribution in [0.25, 0.3) is 0 Å². The van der Waals surface area contributed by atoms with Crippen molar-refractivity contribution in [2.45, 2.75) is 24.5 Å². The molecule has 0 aliphatic carbocycles. The van der Waals surface area contributed by atoms with Crippen LogP contribution in [-0.4, -0.2) is 26.4 Å². The highest BCUT2D eigenvalue weighted by Gasteiger charge is 2.13. The number of furan rings is 1. The van der Waals surface area contributed by atoms with Crippen LogP contribution in [0.15, 0.2) is 45.0 Å². The molecule has 0 aliphatic rings. The van der Waals surface area contributed by atoms with Crippen LogP contribution in [0.5, 0.6) is 0 Å². The lowest BCUT2D eigenvalue weighted by atomic mass is 10.2. The van der Waals surface area contributed by atoms with Gasteiger partial charge in [-0.25, -0.2) is 0 Å². The van der Waals surface area contributed by atoms with Crippen molar-refractivity contribution in [1.82, 2.24) is 9.55 Å². The summed E-state index contributed by atoms with van der Waals surface area (Å²) in [4.78, 5) is 25.8. The Bertz CT molecular complexity index is 636. The highest BCUT2D eigenvalue weighted by atomic mass is 32.2. The molecule has 0 fully saturated rings. The maximum absolute atomic E-state index is 11.3. The second-order valence-electron chi connectivity index (χ2n) is 4.27. The third-order valence-corrected chi connectivity index (χ3v) is 3.63. The second kappa shape index (κ2) is 6.42. The predicted molar refractivity (Wildman–Crippen MR) is 74.0 cm³/mol. The molecule has 1 N–H and O–H groups in total. The Labute approximate surface area is 119 Å². The molecule has 0 spiro atoms. The maximum Gasteiger partial charge on any atom is 0.313 e. The SMILES string of the molecule is CC(Cc1ccco1)n1ccc(=O)nc1SCC(=O)O. The minimum absolute atomic E-state index is 0.00513. The number of carboxylic acid groups (broad SMARTS) is 1. The van der Waals surface area contributed by atoms with Crippen molar-refractivity contribution >= 4 is 17.7 Å². The van der Waals surface area contributed by atoms with Gasteiger partial charge in [0, 0.05) is 24.7 Å². The number of nitrogens with zero attached hydrogens (tertiary/aromatic N) is 2. The van der Waals surface area contributed by atoms with E-state index in [-0.39, 0.29) is 17.4 Å². The molecule has 0 aromatic carbocycles. The van der Waals surface area contributed by atoms with Gasteiger partial charge < -0.3 is 14.1 Å². The maximum atomic E-state index is 11.3. The fourth-order valence-electron chi connectivity index (χ4n) is 1.78. The minimum atomic E-state index is -0.946. The van der Waals surface area contributed by atoms with Gasteiger partial charge in [-0.2, -0.15) is 4.98 Å². The molecule has 0 amide bonds. The summed E-state index contributed by atoms with van der Waals surface area (Å²) in [6, 6.07) is 5.05. The summed E-state index contributed by atoms with van der Waals surface area (Å²) in [6.45, 7) is 1.96. The van der Waals surface area contributed by atoms with Crippen LogP contribution in [0.2, 0.25) is 0 Å². The van der Waals surface area contributed by atoms with E-state index in [9.17, 15) is 9.59 Å². The van der Waals surface area contributed by atoms with E-state index in [0.29, 0.717) is 11.6 Å². The first-order chi connectivity index (χ1) is 9.56. The molecule has 6 nitrogen and oxygen atoms in total. The van der Waals surface area contributed by atoms with Crippen molar-refractivity contribution in [2.75, 3.05) is 5.75 Å². The molecule has 106 valence electrons. The van der Waals surface area contributed by atoms with Gasteiger partial charge in [0.1, 0.15) is 5.76 Å². The van der Waals surface area contributed by atoms with Crippen LogP contribution in [0.4, 0.5) is 0 Å². The number of carbonyl (C=O) groups is 1. The normalized spacial score (nSPS) is 12.2. The molecular formula is C13H14N2O4S. The van der Waals surface area contributed by atoms with Crippen molar-refractivity contribution in [3.8, 4) is 0 Å².